The molecule has 0 nitrogen and oxygen atoms in total. The van der Waals surface area contributed by atoms with Gasteiger partial charge in [-0.15, -0.1) is 0 Å². The number of fused-ring (bicyclic) bond motifs is 1. The molecule has 0 saturated heterocycles. The zero-order chi connectivity index (χ0) is 9.97. The fraction of sp³-hybridized carbons (Fsp3) is 0.385. The van der Waals surface area contributed by atoms with Gasteiger partial charge in [-0.1, -0.05) is 0 Å². The average molecular weight is 379 g/mol. The third-order valence-electron chi connectivity index (χ3n) is 2.90. The molecule has 0 N–H and O–H groups in total. The minimum Gasteiger partial charge on any atom is -1.00 e. The predicted molar refractivity (Wildman–Crippen MR) is 56.7 cm³/mol. The molecule has 1 aromatic carbocycles. The first-order valence-electron chi connectivity index (χ1n) is 5.35. The van der Waals surface area contributed by atoms with Crippen LogP contribution in [0.2, 0.25) is 0 Å². The molecule has 85 valence electrons. The van der Waals surface area contributed by atoms with E-state index < -0.39 is 0 Å². The average Bonchev–Trinajstić information content (AvgIpc) is 2.51. The number of unbranched alkanes of at least 4 members (excludes halogenated alkanes) is 1. The number of halogens is 2. The van der Waals surface area contributed by atoms with Crippen molar-refractivity contribution in [3.05, 3.63) is 39.3 Å². The smallest absolute Gasteiger partial charge is 1.00 e. The maximum Gasteiger partial charge on any atom is -1.00 e. The Morgan fingerprint density at radius 2 is 1.88 bits per heavy atom. The largest absolute Gasteiger partial charge is 1.00 e. The summed E-state index contributed by atoms with van der Waals surface area (Å²) in [5, 5.41) is 0. The molecule has 1 aliphatic carbocycles. The minimum atomic E-state index is 0. The van der Waals surface area contributed by atoms with Gasteiger partial charge < -0.3 is 34.0 Å². The molecule has 0 aliphatic heterocycles. The van der Waals surface area contributed by atoms with Gasteiger partial charge in [0.2, 0.25) is 0 Å². The van der Waals surface area contributed by atoms with Crippen molar-refractivity contribution in [1.29, 1.82) is 0 Å². The Balaban J connectivity index is 0.00000112. The van der Waals surface area contributed by atoms with Crippen molar-refractivity contribution in [2.24, 2.45) is 0 Å². The molecule has 0 spiro atoms. The third-order valence-corrected chi connectivity index (χ3v) is 3.67. The van der Waals surface area contributed by atoms with E-state index in [0.717, 1.165) is 0 Å². The van der Waals surface area contributed by atoms with Gasteiger partial charge in [0.05, 0.1) is 0 Å². The van der Waals surface area contributed by atoms with Crippen molar-refractivity contribution in [2.45, 2.75) is 32.1 Å². The van der Waals surface area contributed by atoms with Crippen LogP contribution in [0.25, 0.3) is 6.08 Å². The van der Waals surface area contributed by atoms with Crippen LogP contribution in [0.5, 0.6) is 0 Å². The van der Waals surface area contributed by atoms with E-state index in [-0.39, 0.29) is 34.0 Å². The van der Waals surface area contributed by atoms with Gasteiger partial charge in [-0.2, -0.15) is 0 Å². The maximum atomic E-state index is 2.34. The molecule has 0 amide bonds. The monoisotopic (exact) mass is 377 g/mol. The molecular weight excluding hydrogens is 364 g/mol. The zero-order valence-electron chi connectivity index (χ0n) is 9.34. The summed E-state index contributed by atoms with van der Waals surface area (Å²) in [7, 11) is 0. The van der Waals surface area contributed by atoms with Crippen molar-refractivity contribution < 1.29 is 54.4 Å². The second kappa shape index (κ2) is 7.86. The van der Waals surface area contributed by atoms with Gasteiger partial charge in [-0.05, 0) is 0 Å². The number of hydrogen-bond donors (Lipinski definition) is 0. The number of allylic oxidation sites excluding steroid dienone is 1. The molecular formula is C13H15Br2Ti. The molecule has 0 radical (unpaired) electrons. The first-order valence-corrected chi connectivity index (χ1v) is 6.13. The van der Waals surface area contributed by atoms with Crippen LogP contribution >= 0.6 is 0 Å². The molecule has 0 aromatic heterocycles. The molecule has 0 saturated carbocycles. The number of rotatable bonds is 3. The number of benzene rings is 1. The Bertz CT molecular complexity index is 361. The van der Waals surface area contributed by atoms with Crippen LogP contribution in [-0.4, -0.2) is 0 Å². The van der Waals surface area contributed by atoms with Crippen molar-refractivity contribution >= 4 is 6.08 Å². The SMILES string of the molecule is CCCCC1[C]([Ti+2])=Cc2ccccc21.[Br-].[Br-]. The van der Waals surface area contributed by atoms with Gasteiger partial charge in [0.1, 0.15) is 0 Å². The second-order valence-electron chi connectivity index (χ2n) is 3.92. The molecule has 2 rings (SSSR count). The summed E-state index contributed by atoms with van der Waals surface area (Å²) in [6.45, 7) is 2.26. The molecule has 1 aliphatic rings. The van der Waals surface area contributed by atoms with Crippen LogP contribution in [0.3, 0.4) is 0 Å². The van der Waals surface area contributed by atoms with Crippen LogP contribution in [-0.2, 0) is 20.4 Å². The van der Waals surface area contributed by atoms with Crippen LogP contribution in [0.4, 0.5) is 0 Å². The normalized spacial score (nSPS) is 16.9. The van der Waals surface area contributed by atoms with E-state index in [4.69, 9.17) is 0 Å². The Labute approximate surface area is 131 Å². The summed E-state index contributed by atoms with van der Waals surface area (Å²) < 4.78 is 1.54. The number of hydrogen-bond acceptors (Lipinski definition) is 0. The summed E-state index contributed by atoms with van der Waals surface area (Å²) >= 11 is 2.26. The van der Waals surface area contributed by atoms with E-state index in [1.54, 1.807) is 9.44 Å². The molecule has 0 heterocycles. The maximum absolute atomic E-state index is 2.34. The zero-order valence-corrected chi connectivity index (χ0v) is 14.1. The second-order valence-corrected chi connectivity index (χ2v) is 4.82. The summed E-state index contributed by atoms with van der Waals surface area (Å²) in [6, 6.07) is 8.79. The molecule has 0 bridgehead atoms. The van der Waals surface area contributed by atoms with E-state index in [9.17, 15) is 0 Å². The van der Waals surface area contributed by atoms with E-state index in [2.05, 4.69) is 57.7 Å². The predicted octanol–water partition coefficient (Wildman–Crippen LogP) is -2.13. The van der Waals surface area contributed by atoms with Gasteiger partial charge in [0.25, 0.3) is 0 Å². The Hall–Kier alpha value is 0.634. The van der Waals surface area contributed by atoms with Crippen molar-refractivity contribution in [3.8, 4) is 0 Å². The van der Waals surface area contributed by atoms with Crippen LogP contribution < -0.4 is 34.0 Å². The van der Waals surface area contributed by atoms with Crippen molar-refractivity contribution in [1.82, 2.24) is 0 Å². The molecule has 16 heavy (non-hydrogen) atoms. The summed E-state index contributed by atoms with van der Waals surface area (Å²) in [5.74, 6) is 0.700. The van der Waals surface area contributed by atoms with E-state index >= 15 is 0 Å². The summed E-state index contributed by atoms with van der Waals surface area (Å²) in [4.78, 5) is 0. The molecule has 1 unspecified atom stereocenters. The van der Waals surface area contributed by atoms with E-state index in [1.807, 2.05) is 0 Å². The van der Waals surface area contributed by atoms with Crippen LogP contribution in [0.1, 0.15) is 43.2 Å². The quantitative estimate of drug-likeness (QED) is 0.527. The molecule has 3 heteroatoms. The van der Waals surface area contributed by atoms with Crippen LogP contribution in [0, 0.1) is 0 Å². The third kappa shape index (κ3) is 3.56. The van der Waals surface area contributed by atoms with Crippen molar-refractivity contribution in [2.75, 3.05) is 0 Å². The summed E-state index contributed by atoms with van der Waals surface area (Å²) in [6.07, 6.45) is 6.29. The Kier molecular flexibility index (Phi) is 8.18. The van der Waals surface area contributed by atoms with Gasteiger partial charge in [0.15, 0.2) is 0 Å². The van der Waals surface area contributed by atoms with E-state index in [0.29, 0.717) is 5.92 Å². The Morgan fingerprint density at radius 3 is 2.56 bits per heavy atom. The van der Waals surface area contributed by atoms with Crippen LogP contribution in [0.15, 0.2) is 28.1 Å². The van der Waals surface area contributed by atoms with Crippen molar-refractivity contribution in [3.63, 3.8) is 0 Å². The first-order chi connectivity index (χ1) is 6.83. The van der Waals surface area contributed by atoms with Gasteiger partial charge >= 0.3 is 97.9 Å². The van der Waals surface area contributed by atoms with E-state index in [1.165, 1.54) is 24.8 Å². The van der Waals surface area contributed by atoms with Gasteiger partial charge in [-0.25, -0.2) is 0 Å². The summed E-state index contributed by atoms with van der Waals surface area (Å²) in [5.41, 5.74) is 2.98. The fourth-order valence-corrected chi connectivity index (χ4v) is 2.83. The van der Waals surface area contributed by atoms with Gasteiger partial charge in [0, 0.05) is 0 Å². The molecule has 0 fully saturated rings. The first kappa shape index (κ1) is 16.6. The Morgan fingerprint density at radius 1 is 1.19 bits per heavy atom. The molecule has 1 atom stereocenters. The fourth-order valence-electron chi connectivity index (χ4n) is 2.11. The minimum absolute atomic E-state index is 0. The standard InChI is InChI=1S/C13H15.2BrH.Ti/c1-2-3-6-11-9-10-12-7-4-5-8-13(11)12;;;/h4-5,7-8,10-11H,2-3,6H2,1H3;2*1H;/q;;;+2/p-2. The van der Waals surface area contributed by atoms with Gasteiger partial charge in [-0.3, -0.25) is 0 Å². The molecule has 1 aromatic rings. The topological polar surface area (TPSA) is 0 Å².